The lowest BCUT2D eigenvalue weighted by molar-refractivity contribution is 0.604. The molecule has 1 N–H and O–H groups in total. The second kappa shape index (κ2) is 6.64. The zero-order valence-corrected chi connectivity index (χ0v) is 15.1. The molecule has 3 rings (SSSR count). The van der Waals surface area contributed by atoms with E-state index in [1.807, 2.05) is 11.3 Å². The minimum Gasteiger partial charge on any atom is -0.306 e. The summed E-state index contributed by atoms with van der Waals surface area (Å²) in [5, 5.41) is 3.73. The fraction of sp³-hybridized carbons (Fsp3) is 0.444. The third kappa shape index (κ3) is 3.25. The molecule has 0 bridgehead atoms. The van der Waals surface area contributed by atoms with E-state index >= 15 is 0 Å². The van der Waals surface area contributed by atoms with Gasteiger partial charge in [0.2, 0.25) is 0 Å². The van der Waals surface area contributed by atoms with Crippen molar-refractivity contribution in [3.63, 3.8) is 0 Å². The van der Waals surface area contributed by atoms with Crippen LogP contribution in [0.3, 0.4) is 0 Å². The van der Waals surface area contributed by atoms with Crippen molar-refractivity contribution in [3.8, 4) is 0 Å². The summed E-state index contributed by atoms with van der Waals surface area (Å²) in [6.07, 6.45) is 4.97. The van der Waals surface area contributed by atoms with Gasteiger partial charge >= 0.3 is 0 Å². The van der Waals surface area contributed by atoms with E-state index in [1.54, 1.807) is 11.1 Å². The summed E-state index contributed by atoms with van der Waals surface area (Å²) in [7, 11) is 0. The average Bonchev–Trinajstić information content (AvgIpc) is 3.05. The first-order valence-electron chi connectivity index (χ1n) is 7.80. The zero-order chi connectivity index (χ0) is 14.8. The van der Waals surface area contributed by atoms with Crippen molar-refractivity contribution in [1.82, 2.24) is 5.32 Å². The summed E-state index contributed by atoms with van der Waals surface area (Å²) < 4.78 is 1.24. The molecular formula is C18H22BrNS. The van der Waals surface area contributed by atoms with Crippen molar-refractivity contribution in [2.45, 2.75) is 45.6 Å². The largest absolute Gasteiger partial charge is 0.306 e. The summed E-state index contributed by atoms with van der Waals surface area (Å²) in [6, 6.07) is 9.63. The first-order valence-corrected chi connectivity index (χ1v) is 9.41. The van der Waals surface area contributed by atoms with Gasteiger partial charge in [0.1, 0.15) is 0 Å². The van der Waals surface area contributed by atoms with Crippen LogP contribution in [-0.4, -0.2) is 6.54 Å². The van der Waals surface area contributed by atoms with Gasteiger partial charge in [0, 0.05) is 14.2 Å². The molecule has 0 aliphatic heterocycles. The van der Waals surface area contributed by atoms with Crippen LogP contribution in [0, 0.1) is 6.92 Å². The highest BCUT2D eigenvalue weighted by atomic mass is 79.9. The number of rotatable bonds is 5. The second-order valence-corrected chi connectivity index (χ2v) is 7.98. The van der Waals surface area contributed by atoms with Gasteiger partial charge in [0.05, 0.1) is 6.04 Å². The number of nitrogens with one attached hydrogen (secondary N) is 1. The van der Waals surface area contributed by atoms with Crippen LogP contribution in [0.15, 0.2) is 28.7 Å². The lowest BCUT2D eigenvalue weighted by Crippen LogP contribution is -2.22. The fourth-order valence-electron chi connectivity index (χ4n) is 3.12. The number of hydrogen-bond acceptors (Lipinski definition) is 2. The summed E-state index contributed by atoms with van der Waals surface area (Å²) >= 11 is 5.63. The molecule has 1 atom stereocenters. The third-order valence-corrected chi connectivity index (χ3v) is 6.19. The van der Waals surface area contributed by atoms with Gasteiger partial charge in [-0.2, -0.15) is 0 Å². The van der Waals surface area contributed by atoms with Crippen molar-refractivity contribution in [2.24, 2.45) is 0 Å². The summed E-state index contributed by atoms with van der Waals surface area (Å²) in [6.45, 7) is 5.45. The smallest absolute Gasteiger partial charge is 0.0682 e. The van der Waals surface area contributed by atoms with Crippen molar-refractivity contribution in [1.29, 1.82) is 0 Å². The molecule has 3 heteroatoms. The maximum Gasteiger partial charge on any atom is 0.0682 e. The van der Waals surface area contributed by atoms with Crippen LogP contribution in [0.4, 0.5) is 0 Å². The maximum absolute atomic E-state index is 3.74. The maximum atomic E-state index is 3.74. The van der Waals surface area contributed by atoms with Gasteiger partial charge in [0.15, 0.2) is 0 Å². The predicted molar refractivity (Wildman–Crippen MR) is 95.4 cm³/mol. The molecule has 1 aromatic carbocycles. The first-order chi connectivity index (χ1) is 10.2. The van der Waals surface area contributed by atoms with Crippen molar-refractivity contribution < 1.29 is 0 Å². The van der Waals surface area contributed by atoms with Crippen LogP contribution in [-0.2, 0) is 12.8 Å². The average molecular weight is 364 g/mol. The van der Waals surface area contributed by atoms with E-state index in [2.05, 4.69) is 59.4 Å². The van der Waals surface area contributed by atoms with Crippen LogP contribution in [0.25, 0.3) is 0 Å². The number of aryl methyl sites for hydroxylation is 3. The molecule has 0 amide bonds. The quantitative estimate of drug-likeness (QED) is 0.749. The highest BCUT2D eigenvalue weighted by Crippen LogP contribution is 2.37. The van der Waals surface area contributed by atoms with E-state index in [0.717, 1.165) is 13.0 Å². The highest BCUT2D eigenvalue weighted by molar-refractivity contribution is 9.10. The minimum absolute atomic E-state index is 0.309. The lowest BCUT2D eigenvalue weighted by Gasteiger charge is -2.19. The predicted octanol–water partition coefficient (Wildman–Crippen LogP) is 5.40. The first kappa shape index (κ1) is 15.3. The molecule has 0 fully saturated rings. The molecule has 112 valence electrons. The highest BCUT2D eigenvalue weighted by Gasteiger charge is 2.20. The Kier molecular flexibility index (Phi) is 4.82. The Bertz CT molecular complexity index is 632. The summed E-state index contributed by atoms with van der Waals surface area (Å²) in [5.74, 6) is 0. The Balaban J connectivity index is 1.97. The number of halogens is 1. The fourth-order valence-corrected chi connectivity index (χ4v) is 5.10. The molecule has 0 saturated carbocycles. The Morgan fingerprint density at radius 3 is 2.76 bits per heavy atom. The van der Waals surface area contributed by atoms with Gasteiger partial charge in [-0.3, -0.25) is 0 Å². The van der Waals surface area contributed by atoms with E-state index in [1.165, 1.54) is 39.1 Å². The number of hydrogen-bond donors (Lipinski definition) is 1. The minimum atomic E-state index is 0.309. The van der Waals surface area contributed by atoms with Gasteiger partial charge in [-0.15, -0.1) is 11.3 Å². The Morgan fingerprint density at radius 1 is 1.24 bits per heavy atom. The van der Waals surface area contributed by atoms with Crippen LogP contribution >= 0.6 is 27.3 Å². The molecule has 0 saturated heterocycles. The molecule has 1 aliphatic rings. The monoisotopic (exact) mass is 363 g/mol. The SMILES string of the molecule is CCCNC(c1ccc2c(c1)CCC2)c1sc(C)cc1Br. The lowest BCUT2D eigenvalue weighted by atomic mass is 10.00. The topological polar surface area (TPSA) is 12.0 Å². The van der Waals surface area contributed by atoms with Gasteiger partial charge in [-0.1, -0.05) is 25.1 Å². The van der Waals surface area contributed by atoms with Crippen molar-refractivity contribution in [2.75, 3.05) is 6.54 Å². The van der Waals surface area contributed by atoms with Crippen LogP contribution in [0.5, 0.6) is 0 Å². The van der Waals surface area contributed by atoms with Crippen LogP contribution < -0.4 is 5.32 Å². The van der Waals surface area contributed by atoms with Gasteiger partial charge in [0.25, 0.3) is 0 Å². The van der Waals surface area contributed by atoms with E-state index in [0.29, 0.717) is 6.04 Å². The molecule has 1 aromatic heterocycles. The second-order valence-electron chi connectivity index (χ2n) is 5.84. The molecule has 2 aromatic rings. The van der Waals surface area contributed by atoms with Gasteiger partial charge in [-0.05, 0) is 77.8 Å². The Hall–Kier alpha value is -0.640. The standard InChI is InChI=1S/C18H22BrNS/c1-3-9-20-17(18-16(19)10-12(2)21-18)15-8-7-13-5-4-6-14(13)11-15/h7-8,10-11,17,20H,3-6,9H2,1-2H3. The van der Waals surface area contributed by atoms with E-state index in [9.17, 15) is 0 Å². The molecule has 1 heterocycles. The summed E-state index contributed by atoms with van der Waals surface area (Å²) in [5.41, 5.74) is 4.52. The normalized spacial score (nSPS) is 15.2. The van der Waals surface area contributed by atoms with Crippen LogP contribution in [0.1, 0.15) is 52.3 Å². The number of fused-ring (bicyclic) bond motifs is 1. The molecule has 1 aliphatic carbocycles. The van der Waals surface area contributed by atoms with Crippen LogP contribution in [0.2, 0.25) is 0 Å². The van der Waals surface area contributed by atoms with E-state index in [-0.39, 0.29) is 0 Å². The van der Waals surface area contributed by atoms with E-state index in [4.69, 9.17) is 0 Å². The molecular weight excluding hydrogens is 342 g/mol. The molecule has 21 heavy (non-hydrogen) atoms. The number of thiophene rings is 1. The zero-order valence-electron chi connectivity index (χ0n) is 12.7. The van der Waals surface area contributed by atoms with Gasteiger partial charge in [-0.25, -0.2) is 0 Å². The molecule has 0 spiro atoms. The molecule has 1 unspecified atom stereocenters. The Labute approximate surface area is 139 Å². The van der Waals surface area contributed by atoms with Gasteiger partial charge < -0.3 is 5.32 Å². The third-order valence-electron chi connectivity index (χ3n) is 4.15. The van der Waals surface area contributed by atoms with E-state index < -0.39 is 0 Å². The van der Waals surface area contributed by atoms with Crippen molar-refractivity contribution in [3.05, 3.63) is 55.2 Å². The Morgan fingerprint density at radius 2 is 2.05 bits per heavy atom. The summed E-state index contributed by atoms with van der Waals surface area (Å²) in [4.78, 5) is 2.76. The molecule has 1 nitrogen and oxygen atoms in total. The van der Waals surface area contributed by atoms with Crippen molar-refractivity contribution >= 4 is 27.3 Å². The molecule has 0 radical (unpaired) electrons. The number of benzene rings is 1.